The summed E-state index contributed by atoms with van der Waals surface area (Å²) in [5, 5.41) is 0. The molecule has 1 aliphatic heterocycles. The van der Waals surface area contributed by atoms with Gasteiger partial charge in [0.1, 0.15) is 4.71 Å². The SMILES string of the molecule is CSC1Sc2ccccc2N1Cc1ccccc1.F.F.F.F.F.F.[O]=[Sb]([OH])[OH].[O]=[Sb]([OH])[OH].[O]=[Sb]([OH])[OH].[O]=[Sb]([OH])[OH].[O]=[Sb]([OH])[OH].[O]=[Sb]([OH])[OH]. The molecule has 0 saturated carbocycles. The van der Waals surface area contributed by atoms with Crippen LogP contribution in [-0.4, -0.2) is 178 Å². The Morgan fingerprint density at radius 1 is 0.542 bits per heavy atom. The molecule has 0 spiro atoms. The van der Waals surface area contributed by atoms with Gasteiger partial charge in [0.05, 0.1) is 5.69 Å². The number of fused-ring (bicyclic) bond motifs is 1. The number of benzene rings is 2. The van der Waals surface area contributed by atoms with Gasteiger partial charge < -0.3 is 4.90 Å². The molecular weight excluding hydrogens is 1390 g/mol. The van der Waals surface area contributed by atoms with E-state index >= 15 is 0 Å². The number of nitrogens with zero attached hydrogens (tertiary/aromatic N) is 1. The van der Waals surface area contributed by atoms with Gasteiger partial charge in [0.2, 0.25) is 0 Å². The zero-order valence-corrected chi connectivity index (χ0v) is 40.1. The van der Waals surface area contributed by atoms with Crippen molar-refractivity contribution in [2.45, 2.75) is 16.1 Å². The van der Waals surface area contributed by atoms with Crippen LogP contribution in [0.15, 0.2) is 59.5 Å². The molecule has 2 aromatic carbocycles. The first kappa shape index (κ1) is 74.8. The van der Waals surface area contributed by atoms with Crippen LogP contribution >= 0.6 is 23.5 Å². The van der Waals surface area contributed by atoms with E-state index in [1.807, 2.05) is 23.5 Å². The monoisotopic (exact) mass is 1420 g/mol. The van der Waals surface area contributed by atoms with Gasteiger partial charge in [-0.2, -0.15) is 0 Å². The molecule has 0 bridgehead atoms. The molecule has 0 fully saturated rings. The van der Waals surface area contributed by atoms with Gasteiger partial charge in [-0.15, -0.1) is 11.8 Å². The number of thioether (sulfide) groups is 2. The number of hydrogen-bond acceptors (Lipinski definition) is 9. The molecule has 0 aliphatic carbocycles. The average molecular weight is 1420 g/mol. The Kier molecular flexibility index (Phi) is 79.3. The van der Waals surface area contributed by atoms with Crippen molar-refractivity contribution < 1.29 is 87.0 Å². The van der Waals surface area contributed by atoms with Gasteiger partial charge in [-0.3, -0.25) is 28.2 Å². The van der Waals surface area contributed by atoms with Crippen molar-refractivity contribution in [1.82, 2.24) is 0 Å². The fourth-order valence-corrected chi connectivity index (χ4v) is 4.33. The number of anilines is 1. The number of rotatable bonds is 3. The summed E-state index contributed by atoms with van der Waals surface area (Å²) in [6.07, 6.45) is 2.18. The van der Waals surface area contributed by atoms with Crippen LogP contribution in [0.3, 0.4) is 0 Å². The molecule has 19 nitrogen and oxygen atoms in total. The maximum atomic E-state index is 8.82. The van der Waals surface area contributed by atoms with Crippen LogP contribution in [0.1, 0.15) is 5.56 Å². The van der Waals surface area contributed by atoms with Crippen molar-refractivity contribution >= 4 is 155 Å². The molecule has 290 valence electrons. The standard InChI is InChI=1S/C15H15NS2.6FH.12H2O.6O.6Sb/c1-17-15-16(11-12-7-3-2-4-8-12)13-9-5-6-10-14(13)18-15;;;;;;;;;;;;;;;;;;;;;;;;;;;;;;/h2-10,15H,11H2,1H3;6*1H;12*1H2;;;;;;;;;;;;/q;;;;;;;;;;;;;;;;;;;;;;;;;6*+2/p-12. The Morgan fingerprint density at radius 2 is 0.812 bits per heavy atom. The van der Waals surface area contributed by atoms with Gasteiger partial charge in [0.25, 0.3) is 0 Å². The normalized spacial score (nSPS) is 9.94. The zero-order chi connectivity index (χ0) is 33.8. The molecule has 1 atom stereocenters. The van der Waals surface area contributed by atoms with E-state index in [-0.39, 0.29) is 28.2 Å². The Bertz CT molecular complexity index is 1010. The van der Waals surface area contributed by atoms with Gasteiger partial charge in [0.15, 0.2) is 0 Å². The molecule has 1 unspecified atom stereocenters. The Labute approximate surface area is 325 Å². The van der Waals surface area contributed by atoms with Crippen LogP contribution in [0, 0.1) is 0 Å². The second kappa shape index (κ2) is 50.9. The Morgan fingerprint density at radius 3 is 1.10 bits per heavy atom. The quantitative estimate of drug-likeness (QED) is 0.102. The van der Waals surface area contributed by atoms with Crippen LogP contribution in [0.2, 0.25) is 0 Å². The second-order valence-corrected chi connectivity index (χ2v) is 16.8. The van der Waals surface area contributed by atoms with Crippen molar-refractivity contribution in [1.29, 1.82) is 0 Å². The first-order valence-corrected chi connectivity index (χ1v) is 31.6. The van der Waals surface area contributed by atoms with Crippen molar-refractivity contribution in [2.75, 3.05) is 11.2 Å². The molecule has 0 amide bonds. The summed E-state index contributed by atoms with van der Waals surface area (Å²) in [6.45, 7) is 0.982. The molecule has 0 saturated heterocycles. The van der Waals surface area contributed by atoms with E-state index in [4.69, 9.17) is 58.7 Å². The van der Waals surface area contributed by atoms with Crippen LogP contribution in [-0.2, 0) is 24.6 Å². The minimum atomic E-state index is -3.70. The van der Waals surface area contributed by atoms with E-state index in [1.165, 1.54) is 16.1 Å². The molecule has 3 rings (SSSR count). The topological polar surface area (TPSA) is 348 Å². The van der Waals surface area contributed by atoms with Crippen LogP contribution in [0.25, 0.3) is 0 Å². The van der Waals surface area contributed by atoms with Crippen LogP contribution in [0.4, 0.5) is 33.9 Å². The number of para-hydroxylation sites is 1. The summed E-state index contributed by atoms with van der Waals surface area (Å²) < 4.78 is 140. The number of hydrogen-bond donors (Lipinski definition) is 12. The van der Waals surface area contributed by atoms with E-state index in [2.05, 4.69) is 65.8 Å². The second-order valence-electron chi connectivity index (χ2n) is 5.76. The molecule has 12 N–H and O–H groups in total. The van der Waals surface area contributed by atoms with Crippen molar-refractivity contribution in [3.63, 3.8) is 0 Å². The average Bonchev–Trinajstić information content (AvgIpc) is 3.15. The third-order valence-electron chi connectivity index (χ3n) is 3.05. The third-order valence-corrected chi connectivity index (χ3v) is 5.63. The summed E-state index contributed by atoms with van der Waals surface area (Å²) in [7, 11) is 0. The summed E-state index contributed by atoms with van der Waals surface area (Å²) in [5.41, 5.74) is 2.74. The minimum absolute atomic E-state index is 0. The molecule has 33 heteroatoms. The fourth-order valence-electron chi connectivity index (χ4n) is 2.20. The fraction of sp³-hybridized carbons (Fsp3) is 0.200. The van der Waals surface area contributed by atoms with Gasteiger partial charge in [0, 0.05) is 11.4 Å². The van der Waals surface area contributed by atoms with E-state index in [1.54, 1.807) is 0 Å². The zero-order valence-electron chi connectivity index (χ0n) is 23.2. The van der Waals surface area contributed by atoms with Gasteiger partial charge in [-0.05, 0) is 24.0 Å². The molecule has 1 heterocycles. The maximum absolute atomic E-state index is 8.82. The van der Waals surface area contributed by atoms with E-state index in [0.29, 0.717) is 4.71 Å². The van der Waals surface area contributed by atoms with Gasteiger partial charge in [-0.1, -0.05) is 54.2 Å². The first-order chi connectivity index (χ1) is 19.3. The van der Waals surface area contributed by atoms with Crippen molar-refractivity contribution in [3.05, 3.63) is 60.2 Å². The van der Waals surface area contributed by atoms with Crippen molar-refractivity contribution in [3.8, 4) is 0 Å². The molecule has 1 aliphatic rings. The summed E-state index contributed by atoms with van der Waals surface area (Å²) >= 11 is -18.3. The van der Waals surface area contributed by atoms with Crippen LogP contribution in [0.5, 0.6) is 0 Å². The number of halogens is 6. The van der Waals surface area contributed by atoms with Crippen LogP contribution < -0.4 is 4.90 Å². The Hall–Kier alpha value is 1.75. The predicted octanol–water partition coefficient (Wildman–Crippen LogP) is -4.32. The first-order valence-electron chi connectivity index (χ1n) is 9.47. The van der Waals surface area contributed by atoms with Crippen molar-refractivity contribution in [2.24, 2.45) is 0 Å². The third kappa shape index (κ3) is 69.5. The summed E-state index contributed by atoms with van der Waals surface area (Å²) in [5.74, 6) is 0. The van der Waals surface area contributed by atoms with E-state index < -0.39 is 126 Å². The van der Waals surface area contributed by atoms with E-state index in [9.17, 15) is 0 Å². The molecule has 2 aromatic rings. The van der Waals surface area contributed by atoms with E-state index in [0.717, 1.165) is 6.54 Å². The molecule has 0 aromatic heterocycles. The molecule has 6 radical (unpaired) electrons. The molecular formula is C15H33F6NO18S2Sb6. The molecule has 48 heavy (non-hydrogen) atoms. The van der Waals surface area contributed by atoms with Gasteiger partial charge in [-0.25, -0.2) is 0 Å². The predicted molar refractivity (Wildman–Crippen MR) is 163 cm³/mol. The van der Waals surface area contributed by atoms with Gasteiger partial charge >= 0.3 is 185 Å². The summed E-state index contributed by atoms with van der Waals surface area (Å²) in [4.78, 5) is 3.88. The Balaban J connectivity index is -0.0000000511. The summed E-state index contributed by atoms with van der Waals surface area (Å²) in [6, 6.07) is 19.4.